The Morgan fingerprint density at radius 2 is 1.92 bits per heavy atom. The Kier molecular flexibility index (Phi) is 8.10. The molecule has 0 bridgehead atoms. The van der Waals surface area contributed by atoms with Crippen molar-refractivity contribution in [3.8, 4) is 0 Å². The fourth-order valence-electron chi connectivity index (χ4n) is 2.44. The number of hydrogen-bond donors (Lipinski definition) is 2. The lowest BCUT2D eigenvalue weighted by atomic mass is 10.2. The molecule has 2 N–H and O–H groups in total. The van der Waals surface area contributed by atoms with Gasteiger partial charge in [0, 0.05) is 37.3 Å². The lowest BCUT2D eigenvalue weighted by Crippen LogP contribution is -2.42. The van der Waals surface area contributed by atoms with Crippen LogP contribution in [-0.4, -0.2) is 47.4 Å². The van der Waals surface area contributed by atoms with Gasteiger partial charge in [-0.05, 0) is 33.8 Å². The van der Waals surface area contributed by atoms with Gasteiger partial charge in [-0.3, -0.25) is 19.8 Å². The normalized spacial score (nSPS) is 11.3. The predicted octanol–water partition coefficient (Wildman–Crippen LogP) is 2.90. The van der Waals surface area contributed by atoms with E-state index in [0.717, 1.165) is 6.54 Å². The molecule has 1 aromatic rings. The first-order valence-corrected chi connectivity index (χ1v) is 8.30. The van der Waals surface area contributed by atoms with E-state index in [9.17, 15) is 14.9 Å². The quantitative estimate of drug-likeness (QED) is 0.403. The van der Waals surface area contributed by atoms with Crippen molar-refractivity contribution >= 4 is 28.9 Å². The largest absolute Gasteiger partial charge is 0.323 e. The number of benzene rings is 1. The maximum Gasteiger partial charge on any atom is 0.271 e. The van der Waals surface area contributed by atoms with Crippen LogP contribution in [0.15, 0.2) is 18.2 Å². The number of nitro benzene ring substituents is 1. The second-order valence-electron chi connectivity index (χ2n) is 6.07. The van der Waals surface area contributed by atoms with Crippen molar-refractivity contribution in [3.63, 3.8) is 0 Å². The SMILES string of the molecule is CC(C)N(CCNCC(=O)Nc1cc([N+](=O)[O-])ccc1Cl)C(C)C. The zero-order valence-electron chi connectivity index (χ0n) is 14.5. The molecule has 0 saturated carbocycles. The minimum Gasteiger partial charge on any atom is -0.323 e. The van der Waals surface area contributed by atoms with Crippen LogP contribution in [0.2, 0.25) is 5.02 Å². The highest BCUT2D eigenvalue weighted by Gasteiger charge is 2.14. The highest BCUT2D eigenvalue weighted by atomic mass is 35.5. The molecule has 0 atom stereocenters. The smallest absolute Gasteiger partial charge is 0.271 e. The van der Waals surface area contributed by atoms with E-state index < -0.39 is 4.92 Å². The number of hydrogen-bond acceptors (Lipinski definition) is 5. The van der Waals surface area contributed by atoms with Crippen molar-refractivity contribution in [2.24, 2.45) is 0 Å². The number of carbonyl (C=O) groups is 1. The zero-order valence-corrected chi connectivity index (χ0v) is 15.3. The van der Waals surface area contributed by atoms with E-state index in [1.165, 1.54) is 18.2 Å². The Labute approximate surface area is 147 Å². The first-order valence-electron chi connectivity index (χ1n) is 7.92. The van der Waals surface area contributed by atoms with Crippen LogP contribution in [0.5, 0.6) is 0 Å². The average molecular weight is 357 g/mol. The summed E-state index contributed by atoms with van der Waals surface area (Å²) in [5.41, 5.74) is 0.121. The second-order valence-corrected chi connectivity index (χ2v) is 6.48. The molecule has 0 fully saturated rings. The van der Waals surface area contributed by atoms with Crippen LogP contribution in [0.3, 0.4) is 0 Å². The number of nitrogens with one attached hydrogen (secondary N) is 2. The van der Waals surface area contributed by atoms with E-state index in [1.807, 2.05) is 0 Å². The Bertz CT molecular complexity index is 570. The molecule has 0 heterocycles. The van der Waals surface area contributed by atoms with Crippen LogP contribution < -0.4 is 10.6 Å². The predicted molar refractivity (Wildman–Crippen MR) is 96.6 cm³/mol. The van der Waals surface area contributed by atoms with Crippen molar-refractivity contribution in [1.29, 1.82) is 0 Å². The molecule has 1 amide bonds. The van der Waals surface area contributed by atoms with Gasteiger partial charge < -0.3 is 10.6 Å². The van der Waals surface area contributed by atoms with Crippen LogP contribution in [0, 0.1) is 10.1 Å². The van der Waals surface area contributed by atoms with E-state index >= 15 is 0 Å². The summed E-state index contributed by atoms with van der Waals surface area (Å²) in [6.45, 7) is 10.2. The Morgan fingerprint density at radius 3 is 2.46 bits per heavy atom. The first-order chi connectivity index (χ1) is 11.2. The van der Waals surface area contributed by atoms with Crippen LogP contribution >= 0.6 is 11.6 Å². The molecule has 0 unspecified atom stereocenters. The monoisotopic (exact) mass is 356 g/mol. The Morgan fingerprint density at radius 1 is 1.29 bits per heavy atom. The average Bonchev–Trinajstić information content (AvgIpc) is 2.48. The molecule has 0 spiro atoms. The number of carbonyl (C=O) groups excluding carboxylic acids is 1. The fourth-order valence-corrected chi connectivity index (χ4v) is 2.60. The zero-order chi connectivity index (χ0) is 18.3. The topological polar surface area (TPSA) is 87.5 Å². The summed E-state index contributed by atoms with van der Waals surface area (Å²) in [7, 11) is 0. The maximum absolute atomic E-state index is 11.9. The van der Waals surface area contributed by atoms with Gasteiger partial charge >= 0.3 is 0 Å². The maximum atomic E-state index is 11.9. The van der Waals surface area contributed by atoms with Crippen molar-refractivity contribution in [2.45, 2.75) is 39.8 Å². The fraction of sp³-hybridized carbons (Fsp3) is 0.562. The molecule has 1 rings (SSSR count). The molecule has 0 aliphatic heterocycles. The van der Waals surface area contributed by atoms with Crippen LogP contribution in [0.4, 0.5) is 11.4 Å². The molecule has 1 aromatic carbocycles. The van der Waals surface area contributed by atoms with Crippen molar-refractivity contribution < 1.29 is 9.72 Å². The number of amides is 1. The third kappa shape index (κ3) is 6.43. The molecular weight excluding hydrogens is 332 g/mol. The molecule has 0 radical (unpaired) electrons. The summed E-state index contributed by atoms with van der Waals surface area (Å²) in [5, 5.41) is 16.7. The number of anilines is 1. The van der Waals surface area contributed by atoms with E-state index in [1.54, 1.807) is 0 Å². The molecular formula is C16H25ClN4O3. The molecule has 8 heteroatoms. The van der Waals surface area contributed by atoms with Gasteiger partial charge in [-0.2, -0.15) is 0 Å². The molecule has 7 nitrogen and oxygen atoms in total. The van der Waals surface area contributed by atoms with Crippen LogP contribution in [-0.2, 0) is 4.79 Å². The minimum absolute atomic E-state index is 0.114. The summed E-state index contributed by atoms with van der Waals surface area (Å²) in [5.74, 6) is -0.293. The Balaban J connectivity index is 2.47. The number of nitro groups is 1. The number of non-ortho nitro benzene ring substituents is 1. The molecule has 24 heavy (non-hydrogen) atoms. The van der Waals surface area contributed by atoms with Crippen molar-refractivity contribution in [2.75, 3.05) is 25.0 Å². The van der Waals surface area contributed by atoms with E-state index in [4.69, 9.17) is 11.6 Å². The second kappa shape index (κ2) is 9.56. The van der Waals surface area contributed by atoms with Gasteiger partial charge in [0.2, 0.25) is 5.91 Å². The standard InChI is InChI=1S/C16H25ClN4O3/c1-11(2)20(12(3)4)8-7-18-10-16(22)19-15-9-13(21(23)24)5-6-14(15)17/h5-6,9,11-12,18H,7-8,10H2,1-4H3,(H,19,22). The van der Waals surface area contributed by atoms with E-state index in [0.29, 0.717) is 18.6 Å². The number of halogens is 1. The van der Waals surface area contributed by atoms with Gasteiger partial charge in [-0.15, -0.1) is 0 Å². The van der Waals surface area contributed by atoms with Gasteiger partial charge in [0.05, 0.1) is 22.2 Å². The molecule has 0 aromatic heterocycles. The van der Waals surface area contributed by atoms with E-state index in [-0.39, 0.29) is 28.8 Å². The third-order valence-electron chi connectivity index (χ3n) is 3.59. The summed E-state index contributed by atoms with van der Waals surface area (Å²) in [4.78, 5) is 24.5. The number of nitrogens with zero attached hydrogens (tertiary/aromatic N) is 2. The lowest BCUT2D eigenvalue weighted by molar-refractivity contribution is -0.384. The van der Waals surface area contributed by atoms with E-state index in [2.05, 4.69) is 43.2 Å². The minimum atomic E-state index is -0.531. The third-order valence-corrected chi connectivity index (χ3v) is 3.92. The van der Waals surface area contributed by atoms with Crippen molar-refractivity contribution in [1.82, 2.24) is 10.2 Å². The van der Waals surface area contributed by atoms with Gasteiger partial charge in [-0.25, -0.2) is 0 Å². The molecule has 134 valence electrons. The van der Waals surface area contributed by atoms with Crippen LogP contribution in [0.1, 0.15) is 27.7 Å². The Hall–Kier alpha value is -1.70. The molecule has 0 aliphatic rings. The molecule has 0 aliphatic carbocycles. The van der Waals surface area contributed by atoms with Gasteiger partial charge in [-0.1, -0.05) is 11.6 Å². The lowest BCUT2D eigenvalue weighted by Gasteiger charge is -2.30. The first kappa shape index (κ1) is 20.3. The summed E-state index contributed by atoms with van der Waals surface area (Å²) in [6, 6.07) is 4.81. The summed E-state index contributed by atoms with van der Waals surface area (Å²) in [6.07, 6.45) is 0. The number of rotatable bonds is 9. The summed E-state index contributed by atoms with van der Waals surface area (Å²) >= 11 is 5.95. The van der Waals surface area contributed by atoms with Gasteiger partial charge in [0.25, 0.3) is 5.69 Å². The van der Waals surface area contributed by atoms with Crippen LogP contribution in [0.25, 0.3) is 0 Å². The van der Waals surface area contributed by atoms with Gasteiger partial charge in [0.15, 0.2) is 0 Å². The van der Waals surface area contributed by atoms with Gasteiger partial charge in [0.1, 0.15) is 0 Å². The molecule has 0 saturated heterocycles. The highest BCUT2D eigenvalue weighted by Crippen LogP contribution is 2.26. The van der Waals surface area contributed by atoms with Crippen molar-refractivity contribution in [3.05, 3.63) is 33.3 Å². The summed E-state index contributed by atoms with van der Waals surface area (Å²) < 4.78 is 0. The highest BCUT2D eigenvalue weighted by molar-refractivity contribution is 6.33.